The van der Waals surface area contributed by atoms with Gasteiger partial charge >= 0.3 is 0 Å². The van der Waals surface area contributed by atoms with Crippen LogP contribution in [0.2, 0.25) is 0 Å². The van der Waals surface area contributed by atoms with Gasteiger partial charge in [0.15, 0.2) is 0 Å². The fraction of sp³-hybridized carbons (Fsp3) is 1.00. The van der Waals surface area contributed by atoms with Crippen molar-refractivity contribution in [1.82, 2.24) is 0 Å². The Labute approximate surface area is 101 Å². The van der Waals surface area contributed by atoms with Crippen molar-refractivity contribution in [2.75, 3.05) is 11.1 Å². The van der Waals surface area contributed by atoms with Crippen LogP contribution in [0.15, 0.2) is 0 Å². The Bertz CT molecular complexity index is 109. The van der Waals surface area contributed by atoms with Gasteiger partial charge < -0.3 is 0 Å². The molecule has 1 saturated heterocycles. The number of alkyl halides is 1. The number of unbranched alkanes of at least 4 members (excludes halogenated alkanes) is 1. The van der Waals surface area contributed by atoms with Crippen molar-refractivity contribution in [1.29, 1.82) is 0 Å². The average Bonchev–Trinajstić information content (AvgIpc) is 2.48. The van der Waals surface area contributed by atoms with Crippen LogP contribution in [0.25, 0.3) is 0 Å². The third kappa shape index (κ3) is 6.29. The summed E-state index contributed by atoms with van der Waals surface area (Å²) < 4.78 is 0.830. The van der Waals surface area contributed by atoms with Gasteiger partial charge in [0.2, 0.25) is 0 Å². The molecule has 0 spiro atoms. The summed E-state index contributed by atoms with van der Waals surface area (Å²) in [5.41, 5.74) is 0. The minimum Gasteiger partial charge on any atom is -0.146 e. The number of hydrogen-bond acceptors (Lipinski definition) is 2. The summed E-state index contributed by atoms with van der Waals surface area (Å²) in [6.07, 6.45) is 4.19. The Morgan fingerprint density at radius 3 is 2.54 bits per heavy atom. The van der Waals surface area contributed by atoms with E-state index in [2.05, 4.69) is 46.4 Å². The van der Waals surface area contributed by atoms with E-state index in [0.717, 1.165) is 15.2 Å². The second-order valence-corrected chi connectivity index (χ2v) is 6.51. The third-order valence-electron chi connectivity index (χ3n) is 1.82. The largest absolute Gasteiger partial charge is 0.146 e. The SMILES string of the molecule is C.C.CCCCC1CSC(CBr)S1. The van der Waals surface area contributed by atoms with Crippen LogP contribution in [-0.2, 0) is 0 Å². The molecule has 0 radical (unpaired) electrons. The van der Waals surface area contributed by atoms with Crippen LogP contribution >= 0.6 is 39.5 Å². The van der Waals surface area contributed by atoms with Crippen LogP contribution in [0.4, 0.5) is 0 Å². The van der Waals surface area contributed by atoms with Gasteiger partial charge in [-0.05, 0) is 6.42 Å². The summed E-state index contributed by atoms with van der Waals surface area (Å²) in [6, 6.07) is 0. The highest BCUT2D eigenvalue weighted by Gasteiger charge is 2.23. The van der Waals surface area contributed by atoms with Crippen LogP contribution in [0.1, 0.15) is 41.0 Å². The molecule has 2 unspecified atom stereocenters. The van der Waals surface area contributed by atoms with Gasteiger partial charge in [-0.3, -0.25) is 0 Å². The lowest BCUT2D eigenvalue weighted by atomic mass is 10.2. The molecule has 1 aliphatic rings. The van der Waals surface area contributed by atoms with Gasteiger partial charge in [0.05, 0.1) is 4.58 Å². The molecule has 0 aromatic rings. The van der Waals surface area contributed by atoms with E-state index < -0.39 is 0 Å². The van der Waals surface area contributed by atoms with Gasteiger partial charge in [0.25, 0.3) is 0 Å². The lowest BCUT2D eigenvalue weighted by Crippen LogP contribution is -2.00. The first-order valence-electron chi connectivity index (χ1n) is 4.19. The first kappa shape index (κ1) is 16.6. The fourth-order valence-electron chi connectivity index (χ4n) is 1.17. The molecule has 0 aromatic heterocycles. The second-order valence-electron chi connectivity index (χ2n) is 2.82. The highest BCUT2D eigenvalue weighted by atomic mass is 79.9. The molecule has 0 saturated carbocycles. The standard InChI is InChI=1S/C8H15BrS2.2CH4/c1-2-3-4-7-6-10-8(5-9)11-7;;/h7-8H,2-6H2,1H3;2*1H4. The Morgan fingerprint density at radius 1 is 1.38 bits per heavy atom. The zero-order valence-corrected chi connectivity index (χ0v) is 10.1. The van der Waals surface area contributed by atoms with E-state index in [1.165, 1.54) is 25.0 Å². The summed E-state index contributed by atoms with van der Waals surface area (Å²) in [5.74, 6) is 1.38. The average molecular weight is 287 g/mol. The van der Waals surface area contributed by atoms with Crippen LogP contribution in [0, 0.1) is 0 Å². The van der Waals surface area contributed by atoms with E-state index in [1.807, 2.05) is 0 Å². The van der Waals surface area contributed by atoms with Gasteiger partial charge in [-0.1, -0.05) is 50.5 Å². The lowest BCUT2D eigenvalue weighted by molar-refractivity contribution is 0.720. The normalized spacial score (nSPS) is 26.3. The minimum atomic E-state index is 0. The van der Waals surface area contributed by atoms with E-state index in [1.54, 1.807) is 0 Å². The van der Waals surface area contributed by atoms with Crippen molar-refractivity contribution < 1.29 is 0 Å². The maximum Gasteiger partial charge on any atom is 0.0602 e. The molecule has 0 aliphatic carbocycles. The van der Waals surface area contributed by atoms with Crippen molar-refractivity contribution in [2.45, 2.75) is 50.9 Å². The van der Waals surface area contributed by atoms with E-state index in [4.69, 9.17) is 0 Å². The lowest BCUT2D eigenvalue weighted by Gasteiger charge is -2.06. The Hall–Kier alpha value is 1.18. The van der Waals surface area contributed by atoms with E-state index >= 15 is 0 Å². The topological polar surface area (TPSA) is 0 Å². The zero-order valence-electron chi connectivity index (χ0n) is 6.88. The molecule has 0 N–H and O–H groups in total. The first-order valence-corrected chi connectivity index (χ1v) is 7.31. The van der Waals surface area contributed by atoms with E-state index in [-0.39, 0.29) is 14.9 Å². The van der Waals surface area contributed by atoms with Gasteiger partial charge in [-0.15, -0.1) is 23.5 Å². The van der Waals surface area contributed by atoms with Crippen molar-refractivity contribution in [3.63, 3.8) is 0 Å². The molecule has 82 valence electrons. The van der Waals surface area contributed by atoms with Crippen LogP contribution in [0.3, 0.4) is 0 Å². The van der Waals surface area contributed by atoms with E-state index in [9.17, 15) is 0 Å². The maximum atomic E-state index is 3.53. The Morgan fingerprint density at radius 2 is 2.08 bits per heavy atom. The summed E-state index contributed by atoms with van der Waals surface area (Å²) in [4.78, 5) is 0. The number of rotatable bonds is 4. The molecule has 1 fully saturated rings. The minimum absolute atomic E-state index is 0. The summed E-state index contributed by atoms with van der Waals surface area (Å²) in [7, 11) is 0. The highest BCUT2D eigenvalue weighted by molar-refractivity contribution is 9.09. The Kier molecular flexibility index (Phi) is 12.4. The Balaban J connectivity index is 0. The number of hydrogen-bond donors (Lipinski definition) is 0. The smallest absolute Gasteiger partial charge is 0.0602 e. The van der Waals surface area contributed by atoms with Crippen molar-refractivity contribution >= 4 is 39.5 Å². The third-order valence-corrected chi connectivity index (χ3v) is 6.67. The molecule has 1 heterocycles. The number of thioether (sulfide) groups is 2. The van der Waals surface area contributed by atoms with Crippen molar-refractivity contribution in [2.24, 2.45) is 0 Å². The molecule has 0 nitrogen and oxygen atoms in total. The monoisotopic (exact) mass is 286 g/mol. The molecule has 13 heavy (non-hydrogen) atoms. The number of halogens is 1. The molecule has 1 rings (SSSR count). The van der Waals surface area contributed by atoms with Gasteiger partial charge in [-0.2, -0.15) is 0 Å². The van der Waals surface area contributed by atoms with Gasteiger partial charge in [0, 0.05) is 16.3 Å². The summed E-state index contributed by atoms with van der Waals surface area (Å²) in [5, 5.41) is 2.10. The quantitative estimate of drug-likeness (QED) is 0.666. The maximum absolute atomic E-state index is 3.53. The van der Waals surface area contributed by atoms with E-state index in [0.29, 0.717) is 0 Å². The van der Waals surface area contributed by atoms with Crippen LogP contribution < -0.4 is 0 Å². The molecule has 0 amide bonds. The summed E-state index contributed by atoms with van der Waals surface area (Å²) in [6.45, 7) is 2.27. The molecule has 1 aliphatic heterocycles. The van der Waals surface area contributed by atoms with Gasteiger partial charge in [0.1, 0.15) is 0 Å². The molecule has 3 heteroatoms. The predicted octanol–water partition coefficient (Wildman–Crippen LogP) is 5.02. The van der Waals surface area contributed by atoms with Crippen molar-refractivity contribution in [3.05, 3.63) is 0 Å². The molecule has 2 atom stereocenters. The van der Waals surface area contributed by atoms with Gasteiger partial charge in [-0.25, -0.2) is 0 Å². The molecular formula is C10H23BrS2. The zero-order chi connectivity index (χ0) is 8.10. The van der Waals surface area contributed by atoms with Crippen molar-refractivity contribution in [3.8, 4) is 0 Å². The van der Waals surface area contributed by atoms with Crippen LogP contribution in [-0.4, -0.2) is 20.9 Å². The molecule has 0 aromatic carbocycles. The second kappa shape index (κ2) is 9.72. The summed E-state index contributed by atoms with van der Waals surface area (Å²) >= 11 is 7.81. The molecule has 0 bridgehead atoms. The van der Waals surface area contributed by atoms with Crippen LogP contribution in [0.5, 0.6) is 0 Å². The predicted molar refractivity (Wildman–Crippen MR) is 74.4 cm³/mol. The first-order chi connectivity index (χ1) is 5.36. The fourth-order valence-corrected chi connectivity index (χ4v) is 5.25. The molecular weight excluding hydrogens is 264 g/mol. The highest BCUT2D eigenvalue weighted by Crippen LogP contribution is 2.40.